The minimum Gasteiger partial charge on any atom is -0.388 e. The molecule has 2 N–H and O–H groups in total. The summed E-state index contributed by atoms with van der Waals surface area (Å²) in [6, 6.07) is 10.6. The summed E-state index contributed by atoms with van der Waals surface area (Å²) in [5.74, 6) is 0. The van der Waals surface area contributed by atoms with Gasteiger partial charge in [-0.1, -0.05) is 0 Å². The molecule has 19 heavy (non-hydrogen) atoms. The van der Waals surface area contributed by atoms with Crippen molar-refractivity contribution in [3.8, 4) is 0 Å². The Kier molecular flexibility index (Phi) is 4.24. The SMILES string of the molecule is CNc1ccc(S(=O)(=O)NCc2ccc(C)s2)cc1. The molecule has 0 aliphatic heterocycles. The first-order valence-electron chi connectivity index (χ1n) is 5.84. The highest BCUT2D eigenvalue weighted by molar-refractivity contribution is 7.89. The summed E-state index contributed by atoms with van der Waals surface area (Å²) in [4.78, 5) is 2.46. The zero-order chi connectivity index (χ0) is 13.9. The normalized spacial score (nSPS) is 11.5. The Morgan fingerprint density at radius 2 is 1.79 bits per heavy atom. The zero-order valence-electron chi connectivity index (χ0n) is 10.8. The highest BCUT2D eigenvalue weighted by Crippen LogP contribution is 2.17. The number of rotatable bonds is 5. The molecule has 2 rings (SSSR count). The van der Waals surface area contributed by atoms with E-state index in [1.54, 1.807) is 42.6 Å². The molecule has 6 heteroatoms. The van der Waals surface area contributed by atoms with Crippen LogP contribution in [0.15, 0.2) is 41.3 Å². The Hall–Kier alpha value is -1.37. The number of aryl methyl sites for hydroxylation is 1. The second kappa shape index (κ2) is 5.73. The van der Waals surface area contributed by atoms with E-state index < -0.39 is 10.0 Å². The Bertz CT molecular complexity index is 646. The first-order valence-corrected chi connectivity index (χ1v) is 8.14. The Labute approximate surface area is 117 Å². The molecular formula is C13H16N2O2S2. The maximum absolute atomic E-state index is 12.1. The molecule has 1 heterocycles. The fourth-order valence-electron chi connectivity index (χ4n) is 1.63. The third kappa shape index (κ3) is 3.56. The topological polar surface area (TPSA) is 58.2 Å². The van der Waals surface area contributed by atoms with Gasteiger partial charge in [-0.2, -0.15) is 0 Å². The fourth-order valence-corrected chi connectivity index (χ4v) is 3.56. The van der Waals surface area contributed by atoms with Gasteiger partial charge in [0.2, 0.25) is 10.0 Å². The van der Waals surface area contributed by atoms with Crippen LogP contribution in [0.2, 0.25) is 0 Å². The van der Waals surface area contributed by atoms with Crippen molar-refractivity contribution in [1.82, 2.24) is 4.72 Å². The van der Waals surface area contributed by atoms with Crippen LogP contribution in [0.5, 0.6) is 0 Å². The minimum absolute atomic E-state index is 0.278. The van der Waals surface area contributed by atoms with Crippen LogP contribution in [-0.4, -0.2) is 15.5 Å². The van der Waals surface area contributed by atoms with Crippen LogP contribution in [0.1, 0.15) is 9.75 Å². The largest absolute Gasteiger partial charge is 0.388 e. The van der Waals surface area contributed by atoms with Crippen LogP contribution >= 0.6 is 11.3 Å². The van der Waals surface area contributed by atoms with Gasteiger partial charge in [0.05, 0.1) is 4.90 Å². The van der Waals surface area contributed by atoms with Crippen LogP contribution in [0.4, 0.5) is 5.69 Å². The van der Waals surface area contributed by atoms with Crippen molar-refractivity contribution < 1.29 is 8.42 Å². The summed E-state index contributed by atoms with van der Waals surface area (Å²) < 4.78 is 26.8. The van der Waals surface area contributed by atoms with Crippen LogP contribution < -0.4 is 10.0 Å². The summed E-state index contributed by atoms with van der Waals surface area (Å²) in [5, 5.41) is 2.95. The van der Waals surface area contributed by atoms with E-state index in [4.69, 9.17) is 0 Å². The summed E-state index contributed by atoms with van der Waals surface area (Å²) in [6.45, 7) is 2.33. The zero-order valence-corrected chi connectivity index (χ0v) is 12.4. The van der Waals surface area contributed by atoms with Crippen molar-refractivity contribution in [3.63, 3.8) is 0 Å². The third-order valence-corrected chi connectivity index (χ3v) is 5.10. The van der Waals surface area contributed by atoms with Crippen molar-refractivity contribution in [2.24, 2.45) is 0 Å². The molecule has 0 saturated carbocycles. The summed E-state index contributed by atoms with van der Waals surface area (Å²) in [6.07, 6.45) is 0. The van der Waals surface area contributed by atoms with Gasteiger partial charge < -0.3 is 5.32 Å². The Morgan fingerprint density at radius 1 is 1.11 bits per heavy atom. The lowest BCUT2D eigenvalue weighted by Crippen LogP contribution is -2.22. The predicted octanol–water partition coefficient (Wildman–Crippen LogP) is 2.58. The van der Waals surface area contributed by atoms with Gasteiger partial charge >= 0.3 is 0 Å². The predicted molar refractivity (Wildman–Crippen MR) is 79.1 cm³/mol. The molecule has 0 bridgehead atoms. The minimum atomic E-state index is -3.45. The van der Waals surface area contributed by atoms with Gasteiger partial charge in [-0.05, 0) is 43.3 Å². The van der Waals surface area contributed by atoms with Crippen molar-refractivity contribution in [1.29, 1.82) is 0 Å². The molecule has 0 aliphatic carbocycles. The van der Waals surface area contributed by atoms with Crippen molar-refractivity contribution >= 4 is 27.0 Å². The average molecular weight is 296 g/mol. The lowest BCUT2D eigenvalue weighted by molar-refractivity contribution is 0.582. The van der Waals surface area contributed by atoms with Gasteiger partial charge in [-0.25, -0.2) is 13.1 Å². The van der Waals surface area contributed by atoms with Crippen LogP contribution in [0.3, 0.4) is 0 Å². The van der Waals surface area contributed by atoms with Gasteiger partial charge in [-0.3, -0.25) is 0 Å². The highest BCUT2D eigenvalue weighted by atomic mass is 32.2. The third-order valence-electron chi connectivity index (χ3n) is 2.69. The number of hydrogen-bond donors (Lipinski definition) is 2. The molecule has 102 valence electrons. The average Bonchev–Trinajstić information content (AvgIpc) is 2.82. The van der Waals surface area contributed by atoms with Crippen LogP contribution in [0.25, 0.3) is 0 Å². The van der Waals surface area contributed by atoms with E-state index in [1.807, 2.05) is 19.1 Å². The first kappa shape index (κ1) is 14.0. The van der Waals surface area contributed by atoms with Crippen LogP contribution in [-0.2, 0) is 16.6 Å². The smallest absolute Gasteiger partial charge is 0.240 e. The molecule has 0 radical (unpaired) electrons. The summed E-state index contributed by atoms with van der Waals surface area (Å²) in [7, 11) is -1.65. The van der Waals surface area contributed by atoms with Crippen molar-refractivity contribution in [2.75, 3.05) is 12.4 Å². The maximum Gasteiger partial charge on any atom is 0.240 e. The molecule has 1 aromatic heterocycles. The van der Waals surface area contributed by atoms with E-state index in [0.717, 1.165) is 10.6 Å². The summed E-state index contributed by atoms with van der Waals surface area (Å²) in [5.41, 5.74) is 0.882. The number of anilines is 1. The van der Waals surface area contributed by atoms with Crippen molar-refractivity contribution in [3.05, 3.63) is 46.2 Å². The molecule has 0 unspecified atom stereocenters. The number of hydrogen-bond acceptors (Lipinski definition) is 4. The first-order chi connectivity index (χ1) is 9.01. The van der Waals surface area contributed by atoms with Gasteiger partial charge in [0, 0.05) is 29.0 Å². The Morgan fingerprint density at radius 3 is 2.32 bits per heavy atom. The van der Waals surface area contributed by atoms with Gasteiger partial charge in [0.1, 0.15) is 0 Å². The summed E-state index contributed by atoms with van der Waals surface area (Å²) >= 11 is 1.59. The standard InChI is InChI=1S/C13H16N2O2S2/c1-10-3-6-12(18-10)9-15-19(16,17)13-7-4-11(14-2)5-8-13/h3-8,14-15H,9H2,1-2H3. The van der Waals surface area contributed by atoms with E-state index in [2.05, 4.69) is 10.0 Å². The van der Waals surface area contributed by atoms with E-state index in [0.29, 0.717) is 6.54 Å². The van der Waals surface area contributed by atoms with E-state index in [9.17, 15) is 8.42 Å². The van der Waals surface area contributed by atoms with Crippen LogP contribution in [0, 0.1) is 6.92 Å². The van der Waals surface area contributed by atoms with E-state index in [-0.39, 0.29) is 4.90 Å². The molecule has 4 nitrogen and oxygen atoms in total. The Balaban J connectivity index is 2.09. The van der Waals surface area contributed by atoms with Gasteiger partial charge in [-0.15, -0.1) is 11.3 Å². The van der Waals surface area contributed by atoms with E-state index in [1.165, 1.54) is 4.88 Å². The molecule has 2 aromatic rings. The molecular weight excluding hydrogens is 280 g/mol. The molecule has 0 saturated heterocycles. The molecule has 0 spiro atoms. The second-order valence-corrected chi connectivity index (χ2v) is 7.25. The number of sulfonamides is 1. The fraction of sp³-hybridized carbons (Fsp3) is 0.231. The van der Waals surface area contributed by atoms with Crippen molar-refractivity contribution in [2.45, 2.75) is 18.4 Å². The maximum atomic E-state index is 12.1. The monoisotopic (exact) mass is 296 g/mol. The quantitative estimate of drug-likeness (QED) is 0.891. The number of nitrogens with one attached hydrogen (secondary N) is 2. The molecule has 0 aliphatic rings. The molecule has 0 fully saturated rings. The molecule has 1 aromatic carbocycles. The molecule has 0 amide bonds. The lowest BCUT2D eigenvalue weighted by atomic mass is 10.3. The van der Waals surface area contributed by atoms with E-state index >= 15 is 0 Å². The molecule has 0 atom stereocenters. The van der Waals surface area contributed by atoms with Gasteiger partial charge in [0.15, 0.2) is 0 Å². The lowest BCUT2D eigenvalue weighted by Gasteiger charge is -2.06. The number of benzene rings is 1. The van der Waals surface area contributed by atoms with Gasteiger partial charge in [0.25, 0.3) is 0 Å². The second-order valence-electron chi connectivity index (χ2n) is 4.11. The highest BCUT2D eigenvalue weighted by Gasteiger charge is 2.13. The number of thiophene rings is 1.